The van der Waals surface area contributed by atoms with Crippen LogP contribution >= 0.6 is 0 Å². The first-order chi connectivity index (χ1) is 9.10. The Morgan fingerprint density at radius 2 is 1.89 bits per heavy atom. The van der Waals surface area contributed by atoms with E-state index < -0.39 is 0 Å². The van der Waals surface area contributed by atoms with E-state index in [0.717, 1.165) is 12.0 Å². The van der Waals surface area contributed by atoms with E-state index >= 15 is 0 Å². The van der Waals surface area contributed by atoms with Gasteiger partial charge in [-0.1, -0.05) is 38.1 Å². The van der Waals surface area contributed by atoms with Crippen LogP contribution in [0.25, 0.3) is 0 Å². The largest absolute Gasteiger partial charge is 0.275 e. The van der Waals surface area contributed by atoms with Crippen LogP contribution in [0.15, 0.2) is 36.7 Å². The topological polar surface area (TPSA) is 55.9 Å². The summed E-state index contributed by atoms with van der Waals surface area (Å²) in [5.74, 6) is 6.22. The van der Waals surface area contributed by atoms with Gasteiger partial charge < -0.3 is 0 Å². The van der Waals surface area contributed by atoms with Gasteiger partial charge in [0, 0.05) is 18.8 Å². The van der Waals surface area contributed by atoms with Crippen molar-refractivity contribution in [3.63, 3.8) is 0 Å². The number of nitrogens with zero attached hydrogens (tertiary/aromatic N) is 2. The van der Waals surface area contributed by atoms with Crippen molar-refractivity contribution in [1.82, 2.24) is 15.2 Å². The van der Waals surface area contributed by atoms with E-state index in [2.05, 4.69) is 48.6 Å². The van der Waals surface area contributed by atoms with Crippen LogP contribution in [0.5, 0.6) is 0 Å². The van der Waals surface area contributed by atoms with Crippen molar-refractivity contribution in [1.29, 1.82) is 0 Å². The molecular weight excluding hydrogens is 236 g/mol. The number of benzene rings is 1. The third-order valence-corrected chi connectivity index (χ3v) is 3.41. The Morgan fingerprint density at radius 1 is 1.21 bits per heavy atom. The van der Waals surface area contributed by atoms with E-state index in [1.54, 1.807) is 4.68 Å². The summed E-state index contributed by atoms with van der Waals surface area (Å²) in [4.78, 5) is 0. The van der Waals surface area contributed by atoms with Gasteiger partial charge in [0.1, 0.15) is 0 Å². The van der Waals surface area contributed by atoms with Crippen LogP contribution in [0, 0.1) is 0 Å². The van der Waals surface area contributed by atoms with E-state index in [9.17, 15) is 0 Å². The molecule has 0 aliphatic rings. The molecule has 0 amide bonds. The Bertz CT molecular complexity index is 513. The van der Waals surface area contributed by atoms with Gasteiger partial charge in [0.15, 0.2) is 0 Å². The first-order valence-electron chi connectivity index (χ1n) is 6.63. The second-order valence-electron chi connectivity index (χ2n) is 5.27. The molecule has 1 aromatic carbocycles. The third-order valence-electron chi connectivity index (χ3n) is 3.41. The molecule has 1 heterocycles. The summed E-state index contributed by atoms with van der Waals surface area (Å²) in [6.45, 7) is 4.41. The van der Waals surface area contributed by atoms with Crippen molar-refractivity contribution in [2.45, 2.75) is 32.2 Å². The highest BCUT2D eigenvalue weighted by atomic mass is 15.3. The molecule has 0 aliphatic heterocycles. The normalized spacial score (nSPS) is 12.9. The van der Waals surface area contributed by atoms with E-state index in [4.69, 9.17) is 5.84 Å². The molecule has 0 saturated carbocycles. The molecule has 1 atom stereocenters. The molecule has 2 rings (SSSR count). The van der Waals surface area contributed by atoms with Crippen molar-refractivity contribution in [2.24, 2.45) is 12.9 Å². The molecule has 0 spiro atoms. The molecule has 1 aromatic heterocycles. The predicted molar refractivity (Wildman–Crippen MR) is 77.5 cm³/mol. The molecule has 3 N–H and O–H groups in total. The standard InChI is InChI=1S/C15H22N4/c1-11(2)13-6-4-12(5-7-13)8-15(18-16)14-9-17-19(3)10-14/h4-7,9-11,15,18H,8,16H2,1-3H3. The summed E-state index contributed by atoms with van der Waals surface area (Å²) in [7, 11) is 1.91. The zero-order valence-electron chi connectivity index (χ0n) is 11.8. The summed E-state index contributed by atoms with van der Waals surface area (Å²) < 4.78 is 1.79. The Kier molecular flexibility index (Phi) is 4.35. The van der Waals surface area contributed by atoms with Gasteiger partial charge in [0.05, 0.1) is 12.2 Å². The van der Waals surface area contributed by atoms with E-state index in [1.807, 2.05) is 19.4 Å². The van der Waals surface area contributed by atoms with E-state index in [1.165, 1.54) is 11.1 Å². The summed E-state index contributed by atoms with van der Waals surface area (Å²) in [6.07, 6.45) is 4.71. The highest BCUT2D eigenvalue weighted by Crippen LogP contribution is 2.19. The second kappa shape index (κ2) is 5.99. The van der Waals surface area contributed by atoms with Crippen molar-refractivity contribution in [3.05, 3.63) is 53.3 Å². The maximum atomic E-state index is 5.65. The number of nitrogens with one attached hydrogen (secondary N) is 1. The number of hydrazine groups is 1. The van der Waals surface area contributed by atoms with Crippen LogP contribution in [0.2, 0.25) is 0 Å². The summed E-state index contributed by atoms with van der Waals surface area (Å²) in [5, 5.41) is 4.19. The molecule has 0 radical (unpaired) electrons. The Labute approximate surface area is 114 Å². The average Bonchev–Trinajstić information content (AvgIpc) is 2.83. The fourth-order valence-electron chi connectivity index (χ4n) is 2.17. The minimum Gasteiger partial charge on any atom is -0.275 e. The number of nitrogens with two attached hydrogens (primary N) is 1. The monoisotopic (exact) mass is 258 g/mol. The molecule has 4 heteroatoms. The zero-order valence-corrected chi connectivity index (χ0v) is 11.8. The molecule has 19 heavy (non-hydrogen) atoms. The van der Waals surface area contributed by atoms with Crippen LogP contribution in [0.4, 0.5) is 0 Å². The van der Waals surface area contributed by atoms with Gasteiger partial charge in [-0.25, -0.2) is 0 Å². The molecular formula is C15H22N4. The van der Waals surface area contributed by atoms with Gasteiger partial charge in [0.25, 0.3) is 0 Å². The van der Waals surface area contributed by atoms with Gasteiger partial charge in [-0.15, -0.1) is 0 Å². The quantitative estimate of drug-likeness (QED) is 0.639. The van der Waals surface area contributed by atoms with E-state index in [-0.39, 0.29) is 6.04 Å². The summed E-state index contributed by atoms with van der Waals surface area (Å²) in [5.41, 5.74) is 6.61. The first-order valence-corrected chi connectivity index (χ1v) is 6.63. The van der Waals surface area contributed by atoms with Gasteiger partial charge in [0.2, 0.25) is 0 Å². The van der Waals surface area contributed by atoms with Crippen molar-refractivity contribution in [2.75, 3.05) is 0 Å². The summed E-state index contributed by atoms with van der Waals surface area (Å²) in [6, 6.07) is 8.83. The zero-order chi connectivity index (χ0) is 13.8. The fraction of sp³-hybridized carbons (Fsp3) is 0.400. The van der Waals surface area contributed by atoms with Crippen LogP contribution in [0.3, 0.4) is 0 Å². The third kappa shape index (κ3) is 3.43. The number of aryl methyl sites for hydroxylation is 1. The smallest absolute Gasteiger partial charge is 0.0538 e. The fourth-order valence-corrected chi connectivity index (χ4v) is 2.17. The van der Waals surface area contributed by atoms with Gasteiger partial charge in [-0.05, 0) is 23.5 Å². The maximum Gasteiger partial charge on any atom is 0.0538 e. The second-order valence-corrected chi connectivity index (χ2v) is 5.27. The molecule has 0 saturated heterocycles. The highest BCUT2D eigenvalue weighted by Gasteiger charge is 2.12. The number of hydrogen-bond donors (Lipinski definition) is 2. The Balaban J connectivity index is 2.10. The van der Waals surface area contributed by atoms with Gasteiger partial charge >= 0.3 is 0 Å². The van der Waals surface area contributed by atoms with E-state index in [0.29, 0.717) is 5.92 Å². The van der Waals surface area contributed by atoms with Crippen LogP contribution < -0.4 is 11.3 Å². The molecule has 1 unspecified atom stereocenters. The Hall–Kier alpha value is -1.65. The van der Waals surface area contributed by atoms with Crippen LogP contribution in [-0.4, -0.2) is 9.78 Å². The molecule has 0 aliphatic carbocycles. The van der Waals surface area contributed by atoms with Crippen molar-refractivity contribution < 1.29 is 0 Å². The lowest BCUT2D eigenvalue weighted by molar-refractivity contribution is 0.551. The lowest BCUT2D eigenvalue weighted by Gasteiger charge is -2.15. The Morgan fingerprint density at radius 3 is 2.37 bits per heavy atom. The molecule has 0 fully saturated rings. The lowest BCUT2D eigenvalue weighted by Crippen LogP contribution is -2.29. The number of rotatable bonds is 5. The minimum atomic E-state index is 0.0959. The van der Waals surface area contributed by atoms with Gasteiger partial charge in [-0.3, -0.25) is 16.0 Å². The molecule has 102 valence electrons. The van der Waals surface area contributed by atoms with Gasteiger partial charge in [-0.2, -0.15) is 5.10 Å². The highest BCUT2D eigenvalue weighted by molar-refractivity contribution is 5.26. The SMILES string of the molecule is CC(C)c1ccc(CC(NN)c2cnn(C)c2)cc1. The number of aromatic nitrogens is 2. The molecule has 2 aromatic rings. The molecule has 4 nitrogen and oxygen atoms in total. The van der Waals surface area contributed by atoms with Crippen LogP contribution in [0.1, 0.15) is 42.5 Å². The number of hydrogen-bond acceptors (Lipinski definition) is 3. The summed E-state index contributed by atoms with van der Waals surface area (Å²) >= 11 is 0. The first kappa shape index (κ1) is 13.8. The molecule has 0 bridgehead atoms. The predicted octanol–water partition coefficient (Wildman–Crippen LogP) is 2.29. The lowest BCUT2D eigenvalue weighted by atomic mass is 9.97. The van der Waals surface area contributed by atoms with Crippen LogP contribution in [-0.2, 0) is 13.5 Å². The average molecular weight is 258 g/mol. The maximum absolute atomic E-state index is 5.65. The van der Waals surface area contributed by atoms with Crippen molar-refractivity contribution >= 4 is 0 Å². The van der Waals surface area contributed by atoms with Crippen molar-refractivity contribution in [3.8, 4) is 0 Å². The minimum absolute atomic E-state index is 0.0959.